The van der Waals surface area contributed by atoms with Gasteiger partial charge in [0.25, 0.3) is 5.91 Å². The van der Waals surface area contributed by atoms with Crippen LogP contribution < -0.4 is 20.7 Å². The van der Waals surface area contributed by atoms with Crippen molar-refractivity contribution in [1.29, 1.82) is 0 Å². The van der Waals surface area contributed by atoms with Crippen molar-refractivity contribution in [2.75, 3.05) is 51.5 Å². The average molecular weight is 682 g/mol. The predicted octanol–water partition coefficient (Wildman–Crippen LogP) is 3.87. The Labute approximate surface area is 283 Å². The summed E-state index contributed by atoms with van der Waals surface area (Å²) in [7, 11) is 1.58. The number of aliphatic hydroxyl groups is 1. The minimum absolute atomic E-state index is 0.00287. The van der Waals surface area contributed by atoms with Gasteiger partial charge in [0.05, 0.1) is 42.3 Å². The number of imidazole rings is 1. The van der Waals surface area contributed by atoms with Crippen LogP contribution in [0.4, 0.5) is 5.82 Å². The van der Waals surface area contributed by atoms with E-state index in [1.54, 1.807) is 19.2 Å². The number of aryl methyl sites for hydroxylation is 1. The number of halogens is 1. The Kier molecular flexibility index (Phi) is 10.2. The molecule has 0 aliphatic carbocycles. The average Bonchev–Trinajstić information content (AvgIpc) is 3.64. The number of carbonyl (C=O) groups excluding carboxylic acids is 1. The third kappa shape index (κ3) is 7.06. The normalized spacial score (nSPS) is 19.1. The van der Waals surface area contributed by atoms with E-state index in [1.165, 1.54) is 11.8 Å². The van der Waals surface area contributed by atoms with E-state index in [2.05, 4.69) is 10.2 Å². The Morgan fingerprint density at radius 3 is 2.66 bits per heavy atom. The second-order valence-corrected chi connectivity index (χ2v) is 13.5. The zero-order valence-corrected chi connectivity index (χ0v) is 28.3. The Bertz CT molecular complexity index is 1730. The summed E-state index contributed by atoms with van der Waals surface area (Å²) in [6.07, 6.45) is 5.71. The zero-order valence-electron chi connectivity index (χ0n) is 26.7. The smallest absolute Gasteiger partial charge is 0.258 e. The second-order valence-electron chi connectivity index (χ2n) is 12.0. The molecule has 250 valence electrons. The molecule has 2 saturated heterocycles. The highest BCUT2D eigenvalue weighted by Gasteiger charge is 2.47. The number of piperidine rings is 1. The molecule has 1 amide bonds. The first-order valence-corrected chi connectivity index (χ1v) is 16.8. The third-order valence-corrected chi connectivity index (χ3v) is 10.6. The number of nitrogens with zero attached hydrogens (tertiary/aromatic N) is 5. The summed E-state index contributed by atoms with van der Waals surface area (Å²) >= 11 is 8.30. The first-order chi connectivity index (χ1) is 22.7. The molecule has 5 heterocycles. The van der Waals surface area contributed by atoms with Gasteiger partial charge in [-0.2, -0.15) is 0 Å². The van der Waals surface area contributed by atoms with Crippen molar-refractivity contribution >= 4 is 40.7 Å². The molecule has 0 radical (unpaired) electrons. The highest BCUT2D eigenvalue weighted by atomic mass is 35.5. The summed E-state index contributed by atoms with van der Waals surface area (Å²) in [4.78, 5) is 29.4. The monoisotopic (exact) mass is 681 g/mol. The number of ether oxygens (including phenoxy) is 3. The van der Waals surface area contributed by atoms with Crippen LogP contribution in [0.25, 0.3) is 16.9 Å². The number of aromatic nitrogens is 4. The molecule has 6 rings (SSSR count). The van der Waals surface area contributed by atoms with Gasteiger partial charge in [-0.3, -0.25) is 4.79 Å². The molecule has 0 unspecified atom stereocenters. The van der Waals surface area contributed by atoms with Crippen molar-refractivity contribution in [3.05, 3.63) is 59.1 Å². The number of hydrogen-bond acceptors (Lipinski definition) is 11. The van der Waals surface area contributed by atoms with Gasteiger partial charge in [0, 0.05) is 61.1 Å². The summed E-state index contributed by atoms with van der Waals surface area (Å²) in [6, 6.07) is 9.33. The molecule has 4 aromatic rings. The van der Waals surface area contributed by atoms with Crippen molar-refractivity contribution < 1.29 is 24.1 Å². The summed E-state index contributed by atoms with van der Waals surface area (Å²) in [5.41, 5.74) is 10.0. The van der Waals surface area contributed by atoms with E-state index < -0.39 is 0 Å². The molecule has 0 bridgehead atoms. The first kappa shape index (κ1) is 33.4. The molecule has 14 heteroatoms. The van der Waals surface area contributed by atoms with E-state index in [9.17, 15) is 9.90 Å². The molecule has 0 saturated carbocycles. The highest BCUT2D eigenvalue weighted by Crippen LogP contribution is 2.43. The minimum Gasteiger partial charge on any atom is -0.484 e. The zero-order chi connectivity index (χ0) is 33.1. The third-order valence-electron chi connectivity index (χ3n) is 9.02. The SMILES string of the molecule is COCCNC(=O)COc1ccc(-c2cn3ccc(Sc4nc(CO)c(N5CCC6(CC5)CO[C@@H](C)[C@H]6N)nc4C)c(Cl)c3n2)cc1. The number of aliphatic hydroxyl groups excluding tert-OH is 1. The topological polar surface area (TPSA) is 149 Å². The number of benzene rings is 1. The fraction of sp³-hybridized carbons (Fsp3) is 0.455. The van der Waals surface area contributed by atoms with E-state index in [0.717, 1.165) is 47.8 Å². The van der Waals surface area contributed by atoms with E-state index in [0.29, 0.717) is 52.7 Å². The number of fused-ring (bicyclic) bond motifs is 1. The van der Waals surface area contributed by atoms with Gasteiger partial charge in [-0.15, -0.1) is 0 Å². The van der Waals surface area contributed by atoms with Crippen LogP contribution in [0.1, 0.15) is 31.2 Å². The van der Waals surface area contributed by atoms with Crippen LogP contribution in [0.3, 0.4) is 0 Å². The van der Waals surface area contributed by atoms with Crippen LogP contribution >= 0.6 is 23.4 Å². The Morgan fingerprint density at radius 2 is 1.98 bits per heavy atom. The number of amides is 1. The van der Waals surface area contributed by atoms with Crippen molar-refractivity contribution in [3.8, 4) is 17.0 Å². The maximum absolute atomic E-state index is 11.9. The molecule has 1 spiro atoms. The quantitative estimate of drug-likeness (QED) is 0.198. The van der Waals surface area contributed by atoms with Crippen LogP contribution in [0.5, 0.6) is 5.75 Å². The molecule has 2 aliphatic heterocycles. The molecule has 4 N–H and O–H groups in total. The fourth-order valence-corrected chi connectivity index (χ4v) is 7.34. The van der Waals surface area contributed by atoms with E-state index in [4.69, 9.17) is 46.5 Å². The first-order valence-electron chi connectivity index (χ1n) is 15.7. The lowest BCUT2D eigenvalue weighted by Gasteiger charge is -2.42. The van der Waals surface area contributed by atoms with Crippen LogP contribution in [0, 0.1) is 12.3 Å². The Balaban J connectivity index is 1.14. The molecular weight excluding hydrogens is 642 g/mol. The predicted molar refractivity (Wildman–Crippen MR) is 180 cm³/mol. The van der Waals surface area contributed by atoms with Gasteiger partial charge in [0.1, 0.15) is 16.5 Å². The van der Waals surface area contributed by atoms with Crippen molar-refractivity contribution in [2.45, 2.75) is 55.4 Å². The van der Waals surface area contributed by atoms with Crippen LogP contribution in [-0.4, -0.2) is 89.1 Å². The van der Waals surface area contributed by atoms with Gasteiger partial charge in [0.2, 0.25) is 0 Å². The lowest BCUT2D eigenvalue weighted by molar-refractivity contribution is -0.123. The fourth-order valence-electron chi connectivity index (χ4n) is 6.15. The maximum atomic E-state index is 11.9. The number of methoxy groups -OCH3 is 1. The molecular formula is C33H40ClN7O5S. The van der Waals surface area contributed by atoms with Gasteiger partial charge < -0.3 is 39.7 Å². The van der Waals surface area contributed by atoms with Gasteiger partial charge in [-0.05, 0) is 57.0 Å². The van der Waals surface area contributed by atoms with Gasteiger partial charge in [-0.1, -0.05) is 23.4 Å². The van der Waals surface area contributed by atoms with E-state index >= 15 is 0 Å². The summed E-state index contributed by atoms with van der Waals surface area (Å²) in [5, 5.41) is 14.2. The molecule has 3 aromatic heterocycles. The van der Waals surface area contributed by atoms with Crippen LogP contribution in [0.2, 0.25) is 5.02 Å². The summed E-state index contributed by atoms with van der Waals surface area (Å²) < 4.78 is 18.3. The number of carbonyl (C=O) groups is 1. The number of anilines is 1. The lowest BCUT2D eigenvalue weighted by Crippen LogP contribution is -2.51. The van der Waals surface area contributed by atoms with Gasteiger partial charge >= 0.3 is 0 Å². The van der Waals surface area contributed by atoms with Crippen molar-refractivity contribution in [1.82, 2.24) is 24.7 Å². The molecule has 1 aromatic carbocycles. The maximum Gasteiger partial charge on any atom is 0.258 e. The highest BCUT2D eigenvalue weighted by molar-refractivity contribution is 7.99. The largest absolute Gasteiger partial charge is 0.484 e. The molecule has 2 fully saturated rings. The Morgan fingerprint density at radius 1 is 1.21 bits per heavy atom. The Hall–Kier alpha value is -3.46. The lowest BCUT2D eigenvalue weighted by atomic mass is 9.73. The van der Waals surface area contributed by atoms with Crippen LogP contribution in [-0.2, 0) is 20.9 Å². The molecule has 2 atom stereocenters. The minimum atomic E-state index is -0.223. The number of rotatable bonds is 11. The van der Waals surface area contributed by atoms with E-state index in [1.807, 2.05) is 48.8 Å². The molecule has 12 nitrogen and oxygen atoms in total. The molecule has 2 aliphatic rings. The second kappa shape index (κ2) is 14.3. The van der Waals surface area contributed by atoms with E-state index in [-0.39, 0.29) is 36.7 Å². The summed E-state index contributed by atoms with van der Waals surface area (Å²) in [5.74, 6) is 1.08. The van der Waals surface area contributed by atoms with Gasteiger partial charge in [0.15, 0.2) is 18.1 Å². The van der Waals surface area contributed by atoms with Crippen LogP contribution in [0.15, 0.2) is 52.6 Å². The number of pyridine rings is 1. The van der Waals surface area contributed by atoms with Crippen molar-refractivity contribution in [2.24, 2.45) is 11.1 Å². The summed E-state index contributed by atoms with van der Waals surface area (Å²) in [6.45, 7) is 6.80. The van der Waals surface area contributed by atoms with Crippen molar-refractivity contribution in [3.63, 3.8) is 0 Å². The number of nitrogens with two attached hydrogens (primary N) is 1. The van der Waals surface area contributed by atoms with Gasteiger partial charge in [-0.25, -0.2) is 15.0 Å². The number of nitrogens with one attached hydrogen (secondary N) is 1. The standard InChI is InChI=1S/C33H40ClN7O5S/c1-20-32(39-25(17-42)30(37-20)40-13-9-33(10-14-40)19-46-21(2)29(33)35)47-26-8-12-41-16-24(38-31(41)28(26)34)22-4-6-23(7-5-22)45-18-27(43)36-11-15-44-3/h4-8,12,16,21,29,42H,9-11,13-15,17-19,35H2,1-3H3,(H,36,43)/t21-,29+/m0/s1. The number of hydrogen-bond donors (Lipinski definition) is 3. The molecule has 47 heavy (non-hydrogen) atoms.